The average molecular weight is 330 g/mol. The summed E-state index contributed by atoms with van der Waals surface area (Å²) in [7, 11) is 0. The fourth-order valence-corrected chi connectivity index (χ4v) is 4.05. The molecule has 0 N–H and O–H groups in total. The van der Waals surface area contributed by atoms with Crippen molar-refractivity contribution in [1.29, 1.82) is 0 Å². The molecule has 102 valence electrons. The van der Waals surface area contributed by atoms with E-state index in [0.29, 0.717) is 15.0 Å². The Balaban J connectivity index is 1.85. The summed E-state index contributed by atoms with van der Waals surface area (Å²) in [4.78, 5) is 14.5. The summed E-state index contributed by atoms with van der Waals surface area (Å²) >= 11 is 0.453. The maximum atomic E-state index is 10.6. The van der Waals surface area contributed by atoms with E-state index in [2.05, 4.69) is 41.4 Å². The van der Waals surface area contributed by atoms with Crippen LogP contribution in [0.15, 0.2) is 65.7 Å². The number of isocyanates is 1. The van der Waals surface area contributed by atoms with Crippen LogP contribution in [-0.2, 0) is 11.2 Å². The predicted octanol–water partition coefficient (Wildman–Crippen LogP) is 2.77. The van der Waals surface area contributed by atoms with Gasteiger partial charge in [0, 0.05) is 0 Å². The van der Waals surface area contributed by atoms with Crippen molar-refractivity contribution in [3.05, 3.63) is 66.2 Å². The van der Waals surface area contributed by atoms with Gasteiger partial charge in [-0.25, -0.2) is 0 Å². The Hall–Kier alpha value is -1.66. The van der Waals surface area contributed by atoms with Crippen LogP contribution in [0.25, 0.3) is 0 Å². The molecule has 2 aromatic carbocycles. The average Bonchev–Trinajstić information content (AvgIpc) is 2.49. The summed E-state index contributed by atoms with van der Waals surface area (Å²) in [5.74, 6) is 0. The van der Waals surface area contributed by atoms with Gasteiger partial charge in [-0.1, -0.05) is 0 Å². The number of carbonyl (C=O) groups excluding carboxylic acids is 1. The molecule has 0 bridgehead atoms. The van der Waals surface area contributed by atoms with E-state index in [1.165, 1.54) is 10.0 Å². The van der Waals surface area contributed by atoms with Crippen molar-refractivity contribution < 1.29 is 4.79 Å². The molecule has 0 spiro atoms. The molecule has 0 unspecified atom stereocenters. The standard InChI is InChI=1S/C17H17NOSe/c19-14-18-16(13-15-7-3-1-4-8-15)11-12-20-17-9-5-2-6-10-17/h1-10,16H,11-13H2/t16-/m0/s1. The van der Waals surface area contributed by atoms with Gasteiger partial charge in [0.1, 0.15) is 0 Å². The first-order chi connectivity index (χ1) is 9.88. The minimum absolute atomic E-state index is 0.0560. The van der Waals surface area contributed by atoms with E-state index in [1.54, 1.807) is 6.08 Å². The van der Waals surface area contributed by atoms with Crippen molar-refractivity contribution in [2.24, 2.45) is 4.99 Å². The Labute approximate surface area is 126 Å². The molecule has 0 heterocycles. The van der Waals surface area contributed by atoms with Gasteiger partial charge >= 0.3 is 126 Å². The first-order valence-corrected chi connectivity index (χ1v) is 8.74. The zero-order chi connectivity index (χ0) is 14.0. The Morgan fingerprint density at radius 2 is 1.65 bits per heavy atom. The van der Waals surface area contributed by atoms with Crippen molar-refractivity contribution in [2.45, 2.75) is 24.2 Å². The summed E-state index contributed by atoms with van der Waals surface area (Å²) in [6.07, 6.45) is 3.48. The minimum atomic E-state index is 0.0560. The van der Waals surface area contributed by atoms with E-state index in [-0.39, 0.29) is 6.04 Å². The topological polar surface area (TPSA) is 29.4 Å². The van der Waals surface area contributed by atoms with Gasteiger partial charge in [0.15, 0.2) is 0 Å². The van der Waals surface area contributed by atoms with Crippen LogP contribution < -0.4 is 4.46 Å². The van der Waals surface area contributed by atoms with Crippen molar-refractivity contribution >= 4 is 25.5 Å². The maximum absolute atomic E-state index is 10.6. The van der Waals surface area contributed by atoms with Crippen LogP contribution in [0.3, 0.4) is 0 Å². The van der Waals surface area contributed by atoms with Gasteiger partial charge in [0.2, 0.25) is 0 Å². The molecule has 0 amide bonds. The van der Waals surface area contributed by atoms with Crippen molar-refractivity contribution in [2.75, 3.05) is 0 Å². The summed E-state index contributed by atoms with van der Waals surface area (Å²) in [5, 5.41) is 1.10. The van der Waals surface area contributed by atoms with Crippen LogP contribution in [0.5, 0.6) is 0 Å². The molecule has 0 aromatic heterocycles. The van der Waals surface area contributed by atoms with E-state index in [0.717, 1.165) is 18.2 Å². The Bertz CT molecular complexity index is 550. The fraction of sp³-hybridized carbons (Fsp3) is 0.235. The SMILES string of the molecule is O=C=N[C@@H](CC[Se]c1ccccc1)Cc1ccccc1. The number of hydrogen-bond donors (Lipinski definition) is 0. The van der Waals surface area contributed by atoms with E-state index in [1.807, 2.05) is 24.3 Å². The number of nitrogens with zero attached hydrogens (tertiary/aromatic N) is 1. The second-order valence-corrected chi connectivity index (χ2v) is 6.97. The molecule has 20 heavy (non-hydrogen) atoms. The van der Waals surface area contributed by atoms with E-state index in [4.69, 9.17) is 0 Å². The molecule has 3 heteroatoms. The van der Waals surface area contributed by atoms with Crippen molar-refractivity contribution in [1.82, 2.24) is 0 Å². The summed E-state index contributed by atoms with van der Waals surface area (Å²) in [6.45, 7) is 0. The number of aliphatic imine (C=N–C) groups is 1. The van der Waals surface area contributed by atoms with Gasteiger partial charge in [0.05, 0.1) is 0 Å². The van der Waals surface area contributed by atoms with E-state index < -0.39 is 0 Å². The number of rotatable bonds is 7. The van der Waals surface area contributed by atoms with Crippen LogP contribution in [0.1, 0.15) is 12.0 Å². The van der Waals surface area contributed by atoms with E-state index in [9.17, 15) is 4.79 Å². The first-order valence-electron chi connectivity index (χ1n) is 6.67. The van der Waals surface area contributed by atoms with Crippen LogP contribution in [-0.4, -0.2) is 27.1 Å². The predicted molar refractivity (Wildman–Crippen MR) is 83.3 cm³/mol. The third-order valence-electron chi connectivity index (χ3n) is 3.01. The Morgan fingerprint density at radius 3 is 2.30 bits per heavy atom. The molecule has 2 aromatic rings. The zero-order valence-corrected chi connectivity index (χ0v) is 12.9. The summed E-state index contributed by atoms with van der Waals surface area (Å²) < 4.78 is 1.40. The second-order valence-electron chi connectivity index (χ2n) is 4.51. The van der Waals surface area contributed by atoms with Crippen LogP contribution in [0.2, 0.25) is 5.32 Å². The molecule has 2 nitrogen and oxygen atoms in total. The molecule has 0 saturated heterocycles. The van der Waals surface area contributed by atoms with Gasteiger partial charge in [-0.3, -0.25) is 0 Å². The third-order valence-corrected chi connectivity index (χ3v) is 5.21. The van der Waals surface area contributed by atoms with Crippen molar-refractivity contribution in [3.63, 3.8) is 0 Å². The monoisotopic (exact) mass is 331 g/mol. The molecule has 0 fully saturated rings. The summed E-state index contributed by atoms with van der Waals surface area (Å²) in [6, 6.07) is 20.8. The molecule has 2 rings (SSSR count). The van der Waals surface area contributed by atoms with Crippen molar-refractivity contribution in [3.8, 4) is 0 Å². The molecule has 0 saturated carbocycles. The molecular weight excluding hydrogens is 313 g/mol. The Morgan fingerprint density at radius 1 is 1.00 bits per heavy atom. The number of hydrogen-bond acceptors (Lipinski definition) is 2. The molecular formula is C17H17NOSe. The zero-order valence-electron chi connectivity index (χ0n) is 11.2. The van der Waals surface area contributed by atoms with Crippen LogP contribution >= 0.6 is 0 Å². The van der Waals surface area contributed by atoms with E-state index >= 15 is 0 Å². The third kappa shape index (κ3) is 5.14. The van der Waals surface area contributed by atoms with Crippen LogP contribution in [0, 0.1) is 0 Å². The van der Waals surface area contributed by atoms with Gasteiger partial charge in [-0.15, -0.1) is 0 Å². The molecule has 0 aliphatic carbocycles. The van der Waals surface area contributed by atoms with Gasteiger partial charge in [0.25, 0.3) is 0 Å². The molecule has 1 atom stereocenters. The number of benzene rings is 2. The van der Waals surface area contributed by atoms with Crippen LogP contribution in [0.4, 0.5) is 0 Å². The summed E-state index contributed by atoms with van der Waals surface area (Å²) in [5.41, 5.74) is 1.23. The van der Waals surface area contributed by atoms with Gasteiger partial charge in [-0.2, -0.15) is 0 Å². The quantitative estimate of drug-likeness (QED) is 0.436. The first kappa shape index (κ1) is 14.7. The van der Waals surface area contributed by atoms with Gasteiger partial charge < -0.3 is 0 Å². The fourth-order valence-electron chi connectivity index (χ4n) is 2.00. The molecule has 0 aliphatic rings. The second kappa shape index (κ2) is 8.50. The Kier molecular flexibility index (Phi) is 6.26. The molecule has 0 radical (unpaired) electrons. The normalized spacial score (nSPS) is 11.6. The molecule has 0 aliphatic heterocycles. The van der Waals surface area contributed by atoms with Gasteiger partial charge in [-0.05, 0) is 0 Å².